The number of methoxy groups -OCH3 is 1. The van der Waals surface area contributed by atoms with E-state index in [0.29, 0.717) is 0 Å². The fourth-order valence-corrected chi connectivity index (χ4v) is 3.88. The van der Waals surface area contributed by atoms with E-state index in [2.05, 4.69) is 21.2 Å². The highest BCUT2D eigenvalue weighted by molar-refractivity contribution is 7.10. The van der Waals surface area contributed by atoms with Crippen molar-refractivity contribution in [3.63, 3.8) is 0 Å². The van der Waals surface area contributed by atoms with E-state index in [9.17, 15) is 0 Å². The minimum absolute atomic E-state index is 0.0586. The van der Waals surface area contributed by atoms with Crippen LogP contribution in [0.15, 0.2) is 40.3 Å². The molecule has 114 valence electrons. The van der Waals surface area contributed by atoms with Crippen LogP contribution in [0.3, 0.4) is 0 Å². The molecule has 0 fully saturated rings. The number of anilines is 2. The van der Waals surface area contributed by atoms with Gasteiger partial charge in [-0.05, 0) is 24.6 Å². The molecule has 22 heavy (non-hydrogen) atoms. The van der Waals surface area contributed by atoms with Gasteiger partial charge in [0, 0.05) is 17.5 Å². The highest BCUT2D eigenvalue weighted by Gasteiger charge is 2.30. The number of nitrogens with two attached hydrogens (primary N) is 1. The summed E-state index contributed by atoms with van der Waals surface area (Å²) in [6.07, 6.45) is 1.65. The monoisotopic (exact) mass is 315 g/mol. The summed E-state index contributed by atoms with van der Waals surface area (Å²) in [5.74, 6) is 0.784. The van der Waals surface area contributed by atoms with Crippen LogP contribution in [-0.4, -0.2) is 25.7 Å². The molecule has 0 spiro atoms. The predicted molar refractivity (Wildman–Crippen MR) is 88.8 cm³/mol. The van der Waals surface area contributed by atoms with Gasteiger partial charge in [-0.2, -0.15) is 0 Å². The zero-order chi connectivity index (χ0) is 15.3. The van der Waals surface area contributed by atoms with Crippen LogP contribution in [0.25, 0.3) is 11.0 Å². The molecule has 0 saturated carbocycles. The van der Waals surface area contributed by atoms with Crippen molar-refractivity contribution in [3.05, 3.63) is 40.8 Å². The van der Waals surface area contributed by atoms with Gasteiger partial charge in [-0.15, -0.1) is 11.3 Å². The van der Waals surface area contributed by atoms with E-state index in [1.165, 1.54) is 4.88 Å². The Morgan fingerprint density at radius 3 is 3.00 bits per heavy atom. The molecule has 6 heteroatoms. The third-order valence-electron chi connectivity index (χ3n) is 4.12. The van der Waals surface area contributed by atoms with Crippen molar-refractivity contribution in [1.29, 1.82) is 0 Å². The summed E-state index contributed by atoms with van der Waals surface area (Å²) in [4.78, 5) is 5.56. The minimum Gasteiger partial charge on any atom is -0.497 e. The summed E-state index contributed by atoms with van der Waals surface area (Å²) in [5, 5.41) is 3.16. The second-order valence-corrected chi connectivity index (χ2v) is 6.37. The van der Waals surface area contributed by atoms with Gasteiger partial charge in [0.2, 0.25) is 0 Å². The number of fused-ring (bicyclic) bond motifs is 2. The fourth-order valence-electron chi connectivity index (χ4n) is 2.92. The lowest BCUT2D eigenvalue weighted by atomic mass is 10.1. The first-order chi connectivity index (χ1) is 10.7. The molecule has 3 aromatic rings. The van der Waals surface area contributed by atoms with Gasteiger partial charge in [0.1, 0.15) is 11.3 Å². The molecule has 3 heterocycles. The highest BCUT2D eigenvalue weighted by atomic mass is 32.1. The first-order valence-corrected chi connectivity index (χ1v) is 7.93. The third-order valence-corrected chi connectivity index (χ3v) is 5.10. The van der Waals surface area contributed by atoms with E-state index >= 15 is 0 Å². The highest BCUT2D eigenvalue weighted by Crippen LogP contribution is 2.43. The summed E-state index contributed by atoms with van der Waals surface area (Å²) in [6, 6.07) is 8.07. The van der Waals surface area contributed by atoms with Crippen LogP contribution >= 0.6 is 11.3 Å². The molecule has 0 aliphatic carbocycles. The summed E-state index contributed by atoms with van der Waals surface area (Å²) in [5.41, 5.74) is 9.34. The maximum absolute atomic E-state index is 6.29. The molecular formula is C16H17N3O2S. The molecule has 1 aromatic carbocycles. The SMILES string of the molecule is COc1cc(N2CN(C)C(N)c3sccc32)c2ccoc2c1. The number of ether oxygens (including phenoxy) is 1. The van der Waals surface area contributed by atoms with E-state index in [0.717, 1.165) is 34.8 Å². The van der Waals surface area contributed by atoms with Crippen molar-refractivity contribution in [1.82, 2.24) is 4.90 Å². The summed E-state index contributed by atoms with van der Waals surface area (Å²) < 4.78 is 11.0. The number of benzene rings is 1. The van der Waals surface area contributed by atoms with Crippen LogP contribution < -0.4 is 15.4 Å². The second-order valence-electron chi connectivity index (χ2n) is 5.42. The average molecular weight is 315 g/mol. The summed E-state index contributed by atoms with van der Waals surface area (Å²) in [6.45, 7) is 0.721. The zero-order valence-corrected chi connectivity index (χ0v) is 13.3. The number of furan rings is 1. The molecule has 1 aliphatic heterocycles. The average Bonchev–Trinajstić information content (AvgIpc) is 3.18. The van der Waals surface area contributed by atoms with Crippen molar-refractivity contribution in [3.8, 4) is 5.75 Å². The molecular weight excluding hydrogens is 298 g/mol. The molecule has 4 rings (SSSR count). The van der Waals surface area contributed by atoms with Crippen LogP contribution in [0.5, 0.6) is 5.75 Å². The van der Waals surface area contributed by atoms with Crippen molar-refractivity contribution >= 4 is 33.7 Å². The van der Waals surface area contributed by atoms with Crippen LogP contribution in [0.4, 0.5) is 11.4 Å². The van der Waals surface area contributed by atoms with Gasteiger partial charge in [-0.25, -0.2) is 0 Å². The molecule has 1 unspecified atom stereocenters. The first kappa shape index (κ1) is 13.6. The normalized spacial score (nSPS) is 18.7. The maximum atomic E-state index is 6.29. The third kappa shape index (κ3) is 1.92. The Morgan fingerprint density at radius 1 is 1.32 bits per heavy atom. The van der Waals surface area contributed by atoms with Crippen LogP contribution in [-0.2, 0) is 0 Å². The topological polar surface area (TPSA) is 54.9 Å². The maximum Gasteiger partial charge on any atom is 0.139 e. The molecule has 0 bridgehead atoms. The Bertz CT molecular complexity index is 826. The van der Waals surface area contributed by atoms with Crippen molar-refractivity contribution < 1.29 is 9.15 Å². The zero-order valence-electron chi connectivity index (χ0n) is 12.4. The van der Waals surface area contributed by atoms with E-state index in [1.807, 2.05) is 25.2 Å². The molecule has 1 aliphatic rings. The Balaban J connectivity index is 1.92. The number of thiophene rings is 1. The van der Waals surface area contributed by atoms with Crippen LogP contribution in [0, 0.1) is 0 Å². The number of hydrogen-bond acceptors (Lipinski definition) is 6. The Kier molecular flexibility index (Phi) is 3.11. The fraction of sp³-hybridized carbons (Fsp3) is 0.250. The number of hydrogen-bond donors (Lipinski definition) is 1. The lowest BCUT2D eigenvalue weighted by Crippen LogP contribution is -2.43. The lowest BCUT2D eigenvalue weighted by Gasteiger charge is -2.38. The van der Waals surface area contributed by atoms with E-state index in [1.54, 1.807) is 24.7 Å². The van der Waals surface area contributed by atoms with Gasteiger partial charge < -0.3 is 19.8 Å². The van der Waals surface area contributed by atoms with E-state index < -0.39 is 0 Å². The Labute approximate surface area is 132 Å². The number of nitrogens with zero attached hydrogens (tertiary/aromatic N) is 2. The Morgan fingerprint density at radius 2 is 2.18 bits per heavy atom. The largest absolute Gasteiger partial charge is 0.497 e. The standard InChI is InChI=1S/C16H17N3O2S/c1-18-9-19(12-4-6-22-15(12)16(18)17)13-7-10(20-2)8-14-11(13)3-5-21-14/h3-8,16H,9,17H2,1-2H3. The lowest BCUT2D eigenvalue weighted by molar-refractivity contribution is 0.248. The molecule has 2 N–H and O–H groups in total. The van der Waals surface area contributed by atoms with E-state index in [-0.39, 0.29) is 6.17 Å². The summed E-state index contributed by atoms with van der Waals surface area (Å²) in [7, 11) is 3.70. The van der Waals surface area contributed by atoms with E-state index in [4.69, 9.17) is 14.9 Å². The van der Waals surface area contributed by atoms with Gasteiger partial charge >= 0.3 is 0 Å². The molecule has 0 amide bonds. The minimum atomic E-state index is -0.0586. The molecule has 5 nitrogen and oxygen atoms in total. The first-order valence-electron chi connectivity index (χ1n) is 7.05. The van der Waals surface area contributed by atoms with Crippen molar-refractivity contribution in [2.45, 2.75) is 6.17 Å². The molecule has 0 saturated heterocycles. The quantitative estimate of drug-likeness (QED) is 0.784. The Hall–Kier alpha value is -2.02. The summed E-state index contributed by atoms with van der Waals surface area (Å²) >= 11 is 1.69. The van der Waals surface area contributed by atoms with Gasteiger partial charge in [-0.3, -0.25) is 4.90 Å². The van der Waals surface area contributed by atoms with Crippen LogP contribution in [0.1, 0.15) is 11.0 Å². The number of rotatable bonds is 2. The van der Waals surface area contributed by atoms with Crippen molar-refractivity contribution in [2.75, 3.05) is 25.7 Å². The van der Waals surface area contributed by atoms with Crippen LogP contribution in [0.2, 0.25) is 0 Å². The van der Waals surface area contributed by atoms with Gasteiger partial charge in [0.15, 0.2) is 0 Å². The van der Waals surface area contributed by atoms with Gasteiger partial charge in [-0.1, -0.05) is 0 Å². The molecule has 2 aromatic heterocycles. The predicted octanol–water partition coefficient (Wildman–Crippen LogP) is 3.50. The second kappa shape index (κ2) is 5.01. The molecule has 1 atom stereocenters. The van der Waals surface area contributed by atoms with Gasteiger partial charge in [0.05, 0.1) is 42.5 Å². The smallest absolute Gasteiger partial charge is 0.139 e. The van der Waals surface area contributed by atoms with Gasteiger partial charge in [0.25, 0.3) is 0 Å². The molecule has 0 radical (unpaired) electrons. The van der Waals surface area contributed by atoms with Crippen molar-refractivity contribution in [2.24, 2.45) is 5.73 Å².